The van der Waals surface area contributed by atoms with Gasteiger partial charge in [-0.25, -0.2) is 4.98 Å². The molecule has 0 bridgehead atoms. The fourth-order valence-electron chi connectivity index (χ4n) is 3.22. The number of hydrogen-bond donors (Lipinski definition) is 2. The third-order valence-electron chi connectivity index (χ3n) is 4.84. The summed E-state index contributed by atoms with van der Waals surface area (Å²) in [5.74, 6) is -0.125. The van der Waals surface area contributed by atoms with Gasteiger partial charge >= 0.3 is 0 Å². The fourth-order valence-corrected chi connectivity index (χ4v) is 4.36. The van der Waals surface area contributed by atoms with Crippen LogP contribution in [0, 0.1) is 0 Å². The lowest BCUT2D eigenvalue weighted by molar-refractivity contribution is -0.120. The molecule has 6 nitrogen and oxygen atoms in total. The number of aromatic nitrogens is 1. The minimum Gasteiger partial charge on any atom is -0.360 e. The molecule has 1 saturated heterocycles. The number of halogens is 1. The van der Waals surface area contributed by atoms with Crippen LogP contribution in [0.15, 0.2) is 81.3 Å². The van der Waals surface area contributed by atoms with Gasteiger partial charge in [0, 0.05) is 40.9 Å². The second kappa shape index (κ2) is 9.98. The highest BCUT2D eigenvalue weighted by atomic mass is 79.9. The van der Waals surface area contributed by atoms with E-state index in [0.29, 0.717) is 30.2 Å². The Bertz CT molecular complexity index is 1070. The number of anilines is 1. The summed E-state index contributed by atoms with van der Waals surface area (Å²) in [4.78, 5) is 31.8. The maximum atomic E-state index is 12.8. The molecule has 158 valence electrons. The average molecular weight is 497 g/mol. The lowest BCUT2D eigenvalue weighted by Crippen LogP contribution is -2.47. The number of carbonyl (C=O) groups is 2. The summed E-state index contributed by atoms with van der Waals surface area (Å²) in [6, 6.07) is 19.4. The van der Waals surface area contributed by atoms with Crippen LogP contribution in [0.4, 0.5) is 5.69 Å². The first-order valence-corrected chi connectivity index (χ1v) is 11.5. The molecule has 0 spiro atoms. The van der Waals surface area contributed by atoms with Gasteiger partial charge in [0.05, 0.1) is 12.1 Å². The van der Waals surface area contributed by atoms with Gasteiger partial charge in [-0.1, -0.05) is 39.8 Å². The number of nitrogens with one attached hydrogen (secondary N) is 2. The molecule has 3 aromatic rings. The van der Waals surface area contributed by atoms with Crippen molar-refractivity contribution < 1.29 is 9.59 Å². The zero-order chi connectivity index (χ0) is 21.6. The molecule has 0 radical (unpaired) electrons. The minimum absolute atomic E-state index is 0.0378. The van der Waals surface area contributed by atoms with Gasteiger partial charge in [0.15, 0.2) is 0 Å². The molecule has 2 heterocycles. The summed E-state index contributed by atoms with van der Waals surface area (Å²) in [5, 5.41) is 6.47. The molecule has 2 amide bonds. The highest BCUT2D eigenvalue weighted by Gasteiger charge is 2.17. The third kappa shape index (κ3) is 5.65. The van der Waals surface area contributed by atoms with Crippen LogP contribution in [-0.2, 0) is 11.3 Å². The molecule has 0 saturated carbocycles. The van der Waals surface area contributed by atoms with Gasteiger partial charge in [-0.2, -0.15) is 0 Å². The molecule has 0 aliphatic carbocycles. The average Bonchev–Trinajstić information content (AvgIpc) is 2.80. The first-order chi connectivity index (χ1) is 15.1. The number of carbonyl (C=O) groups excluding carboxylic acids is 2. The topological polar surface area (TPSA) is 74.3 Å². The Balaban J connectivity index is 1.39. The van der Waals surface area contributed by atoms with E-state index in [1.165, 1.54) is 11.8 Å². The number of amides is 2. The Morgan fingerprint density at radius 1 is 1.13 bits per heavy atom. The minimum atomic E-state index is -0.163. The second-order valence-electron chi connectivity index (χ2n) is 7.03. The van der Waals surface area contributed by atoms with Crippen molar-refractivity contribution in [2.75, 3.05) is 24.5 Å². The summed E-state index contributed by atoms with van der Waals surface area (Å²) in [6.07, 6.45) is 1.69. The van der Waals surface area contributed by atoms with Crippen molar-refractivity contribution in [2.24, 2.45) is 0 Å². The van der Waals surface area contributed by atoms with Gasteiger partial charge in [0.1, 0.15) is 5.03 Å². The zero-order valence-corrected chi connectivity index (χ0v) is 19.1. The number of benzene rings is 2. The summed E-state index contributed by atoms with van der Waals surface area (Å²) < 4.78 is 1.01. The van der Waals surface area contributed by atoms with E-state index in [2.05, 4.69) is 31.5 Å². The lowest BCUT2D eigenvalue weighted by Gasteiger charge is -2.28. The number of pyridine rings is 1. The molecule has 1 aliphatic rings. The molecule has 8 heteroatoms. The van der Waals surface area contributed by atoms with Gasteiger partial charge in [0.2, 0.25) is 5.91 Å². The highest BCUT2D eigenvalue weighted by molar-refractivity contribution is 9.10. The number of hydrogen-bond acceptors (Lipinski definition) is 5. The standard InChI is InChI=1S/C23H21BrN4O2S/c24-17-5-9-19(10-6-17)31-23-20(2-1-11-26-23)22(30)27-14-16-3-7-18(8-4-16)28-13-12-25-21(29)15-28/h1-11H,12-15H2,(H,25,29)(H,27,30). The van der Waals surface area contributed by atoms with Gasteiger partial charge < -0.3 is 15.5 Å². The first-order valence-electron chi connectivity index (χ1n) is 9.86. The summed E-state index contributed by atoms with van der Waals surface area (Å²) in [5.41, 5.74) is 2.54. The van der Waals surface area contributed by atoms with Crippen molar-refractivity contribution in [3.63, 3.8) is 0 Å². The maximum Gasteiger partial charge on any atom is 0.254 e. The van der Waals surface area contributed by atoms with Crippen molar-refractivity contribution in [3.8, 4) is 0 Å². The first kappa shape index (κ1) is 21.4. The third-order valence-corrected chi connectivity index (χ3v) is 6.39. The van der Waals surface area contributed by atoms with E-state index in [1.54, 1.807) is 18.3 Å². The maximum absolute atomic E-state index is 12.8. The predicted octanol–water partition coefficient (Wildman–Crippen LogP) is 3.86. The predicted molar refractivity (Wildman–Crippen MR) is 125 cm³/mol. The number of piperazine rings is 1. The van der Waals surface area contributed by atoms with E-state index < -0.39 is 0 Å². The molecule has 0 unspecified atom stereocenters. The summed E-state index contributed by atoms with van der Waals surface area (Å²) in [7, 11) is 0. The highest BCUT2D eigenvalue weighted by Crippen LogP contribution is 2.29. The van der Waals surface area contributed by atoms with Crippen LogP contribution >= 0.6 is 27.7 Å². The van der Waals surface area contributed by atoms with E-state index in [-0.39, 0.29) is 11.8 Å². The fraction of sp³-hybridized carbons (Fsp3) is 0.174. The molecule has 31 heavy (non-hydrogen) atoms. The van der Waals surface area contributed by atoms with Crippen LogP contribution in [0.1, 0.15) is 15.9 Å². The largest absolute Gasteiger partial charge is 0.360 e. The SMILES string of the molecule is O=C1CN(c2ccc(CNC(=O)c3cccnc3Sc3ccc(Br)cc3)cc2)CCN1. The molecule has 1 fully saturated rings. The zero-order valence-electron chi connectivity index (χ0n) is 16.7. The summed E-state index contributed by atoms with van der Waals surface area (Å²) >= 11 is 4.89. The van der Waals surface area contributed by atoms with Crippen molar-refractivity contribution in [2.45, 2.75) is 16.5 Å². The van der Waals surface area contributed by atoms with Crippen LogP contribution in [-0.4, -0.2) is 36.4 Å². The van der Waals surface area contributed by atoms with E-state index in [4.69, 9.17) is 0 Å². The molecular weight excluding hydrogens is 476 g/mol. The molecule has 2 aromatic carbocycles. The Hall–Kier alpha value is -2.84. The van der Waals surface area contributed by atoms with Gasteiger partial charge in [-0.05, 0) is 54.1 Å². The van der Waals surface area contributed by atoms with E-state index in [0.717, 1.165) is 27.2 Å². The van der Waals surface area contributed by atoms with E-state index in [1.807, 2.05) is 53.4 Å². The van der Waals surface area contributed by atoms with Crippen molar-refractivity contribution >= 4 is 45.2 Å². The van der Waals surface area contributed by atoms with Crippen LogP contribution in [0.5, 0.6) is 0 Å². The number of nitrogens with zero attached hydrogens (tertiary/aromatic N) is 2. The van der Waals surface area contributed by atoms with Crippen LogP contribution < -0.4 is 15.5 Å². The Kier molecular flexibility index (Phi) is 6.89. The van der Waals surface area contributed by atoms with Gasteiger partial charge in [-0.3, -0.25) is 9.59 Å². The molecule has 2 N–H and O–H groups in total. The van der Waals surface area contributed by atoms with Crippen molar-refractivity contribution in [3.05, 3.63) is 82.5 Å². The number of rotatable bonds is 6. The van der Waals surface area contributed by atoms with Crippen LogP contribution in [0.3, 0.4) is 0 Å². The molecule has 1 aromatic heterocycles. The quantitative estimate of drug-likeness (QED) is 0.541. The molecule has 0 atom stereocenters. The van der Waals surface area contributed by atoms with Crippen LogP contribution in [0.2, 0.25) is 0 Å². The van der Waals surface area contributed by atoms with E-state index >= 15 is 0 Å². The van der Waals surface area contributed by atoms with Gasteiger partial charge in [-0.15, -0.1) is 0 Å². The Morgan fingerprint density at radius 2 is 1.90 bits per heavy atom. The lowest BCUT2D eigenvalue weighted by atomic mass is 10.1. The smallest absolute Gasteiger partial charge is 0.254 e. The Morgan fingerprint density at radius 3 is 2.65 bits per heavy atom. The molecule has 1 aliphatic heterocycles. The normalized spacial score (nSPS) is 13.6. The van der Waals surface area contributed by atoms with Gasteiger partial charge in [0.25, 0.3) is 5.91 Å². The van der Waals surface area contributed by atoms with Crippen LogP contribution in [0.25, 0.3) is 0 Å². The Labute approximate surface area is 193 Å². The second-order valence-corrected chi connectivity index (χ2v) is 9.01. The van der Waals surface area contributed by atoms with Crippen molar-refractivity contribution in [1.82, 2.24) is 15.6 Å². The van der Waals surface area contributed by atoms with Crippen molar-refractivity contribution in [1.29, 1.82) is 0 Å². The molecule has 4 rings (SSSR count). The monoisotopic (exact) mass is 496 g/mol. The summed E-state index contributed by atoms with van der Waals surface area (Å²) in [6.45, 7) is 2.23. The van der Waals surface area contributed by atoms with E-state index in [9.17, 15) is 9.59 Å². The molecular formula is C23H21BrN4O2S.